The van der Waals surface area contributed by atoms with Crippen molar-refractivity contribution in [3.05, 3.63) is 65.5 Å². The molecule has 2 aromatic carbocycles. The molecule has 0 saturated heterocycles. The molecule has 1 N–H and O–H groups in total. The Balaban J connectivity index is 2.25. The molecule has 0 spiro atoms. The van der Waals surface area contributed by atoms with Gasteiger partial charge in [-0.05, 0) is 37.1 Å². The van der Waals surface area contributed by atoms with E-state index in [0.717, 1.165) is 17.1 Å². The molecule has 0 radical (unpaired) electrons. The number of aromatic nitrogens is 3. The molecule has 0 bridgehead atoms. The lowest BCUT2D eigenvalue weighted by Crippen LogP contribution is -2.04. The van der Waals surface area contributed by atoms with Crippen molar-refractivity contribution in [3.8, 4) is 17.1 Å². The predicted octanol–water partition coefficient (Wildman–Crippen LogP) is 3.04. The van der Waals surface area contributed by atoms with Gasteiger partial charge in [0.1, 0.15) is 6.61 Å². The lowest BCUT2D eigenvalue weighted by Gasteiger charge is -2.12. The summed E-state index contributed by atoms with van der Waals surface area (Å²) in [7, 11) is 0. The van der Waals surface area contributed by atoms with Crippen LogP contribution in [0.25, 0.3) is 17.1 Å². The second-order valence-electron chi connectivity index (χ2n) is 5.02. The van der Waals surface area contributed by atoms with E-state index >= 15 is 0 Å². The third-order valence-corrected chi connectivity index (χ3v) is 3.73. The van der Waals surface area contributed by atoms with Crippen molar-refractivity contribution in [1.82, 2.24) is 14.8 Å². The van der Waals surface area contributed by atoms with Crippen LogP contribution in [0.2, 0.25) is 0 Å². The highest BCUT2D eigenvalue weighted by Crippen LogP contribution is 2.27. The van der Waals surface area contributed by atoms with E-state index in [-0.39, 0.29) is 6.61 Å². The Hall–Kier alpha value is -2.46. The van der Waals surface area contributed by atoms with Crippen LogP contribution in [0.15, 0.2) is 48.5 Å². The molecule has 21 heavy (non-hydrogen) atoms. The Labute approximate surface area is 123 Å². The molecule has 0 aliphatic heterocycles. The summed E-state index contributed by atoms with van der Waals surface area (Å²) in [6, 6.07) is 16.0. The Kier molecular flexibility index (Phi) is 3.54. The molecule has 4 nitrogen and oxygen atoms in total. The predicted molar refractivity (Wildman–Crippen MR) is 82.2 cm³/mol. The van der Waals surface area contributed by atoms with Crippen molar-refractivity contribution in [2.24, 2.45) is 0 Å². The van der Waals surface area contributed by atoms with Crippen molar-refractivity contribution in [3.63, 3.8) is 0 Å². The number of nitrogens with zero attached hydrogens (tertiary/aromatic N) is 3. The molecule has 0 saturated carbocycles. The van der Waals surface area contributed by atoms with Crippen molar-refractivity contribution in [1.29, 1.82) is 0 Å². The molecular formula is C17H17N3O. The maximum atomic E-state index is 9.54. The fraction of sp³-hybridized carbons (Fsp3) is 0.176. The summed E-state index contributed by atoms with van der Waals surface area (Å²) < 4.78 is 1.90. The van der Waals surface area contributed by atoms with Crippen LogP contribution in [0.5, 0.6) is 0 Å². The van der Waals surface area contributed by atoms with Gasteiger partial charge in [-0.2, -0.15) is 0 Å². The van der Waals surface area contributed by atoms with Gasteiger partial charge in [-0.3, -0.25) is 4.57 Å². The minimum absolute atomic E-state index is 0.146. The first-order chi connectivity index (χ1) is 10.2. The molecular weight excluding hydrogens is 262 g/mol. The van der Waals surface area contributed by atoms with Gasteiger partial charge in [0.15, 0.2) is 11.6 Å². The molecule has 106 valence electrons. The highest BCUT2D eigenvalue weighted by atomic mass is 16.3. The van der Waals surface area contributed by atoms with Gasteiger partial charge < -0.3 is 5.11 Å². The second kappa shape index (κ2) is 5.50. The van der Waals surface area contributed by atoms with Crippen LogP contribution in [0.1, 0.15) is 17.0 Å². The van der Waals surface area contributed by atoms with Crippen LogP contribution >= 0.6 is 0 Å². The third-order valence-electron chi connectivity index (χ3n) is 3.73. The average molecular weight is 279 g/mol. The Bertz CT molecular complexity index is 763. The molecule has 3 rings (SSSR count). The number of rotatable bonds is 3. The van der Waals surface area contributed by atoms with Crippen molar-refractivity contribution >= 4 is 0 Å². The average Bonchev–Trinajstić information content (AvgIpc) is 2.94. The van der Waals surface area contributed by atoms with E-state index in [4.69, 9.17) is 0 Å². The van der Waals surface area contributed by atoms with Crippen LogP contribution in [0.4, 0.5) is 0 Å². The van der Waals surface area contributed by atoms with Crippen LogP contribution in [0.3, 0.4) is 0 Å². The SMILES string of the molecule is Cc1cccc(-c2nnc(CO)n2-c2ccccc2)c1C. The highest BCUT2D eigenvalue weighted by molar-refractivity contribution is 5.64. The monoisotopic (exact) mass is 279 g/mol. The molecule has 3 aromatic rings. The van der Waals surface area contributed by atoms with Gasteiger partial charge in [0.2, 0.25) is 0 Å². The molecule has 0 fully saturated rings. The third kappa shape index (κ3) is 2.34. The summed E-state index contributed by atoms with van der Waals surface area (Å²) in [5, 5.41) is 18.0. The number of benzene rings is 2. The standard InChI is InChI=1S/C17H17N3O/c1-12-7-6-10-15(13(12)2)17-19-18-16(11-21)20(17)14-8-4-3-5-9-14/h3-10,21H,11H2,1-2H3. The molecule has 0 amide bonds. The summed E-state index contributed by atoms with van der Waals surface area (Å²) in [5.74, 6) is 1.29. The number of para-hydroxylation sites is 1. The summed E-state index contributed by atoms with van der Waals surface area (Å²) >= 11 is 0. The van der Waals surface area contributed by atoms with Gasteiger partial charge in [0.05, 0.1) is 0 Å². The molecule has 0 atom stereocenters. The van der Waals surface area contributed by atoms with E-state index in [2.05, 4.69) is 30.1 Å². The van der Waals surface area contributed by atoms with Gasteiger partial charge in [-0.1, -0.05) is 36.4 Å². The lowest BCUT2D eigenvalue weighted by atomic mass is 10.0. The minimum atomic E-state index is -0.146. The highest BCUT2D eigenvalue weighted by Gasteiger charge is 2.16. The van der Waals surface area contributed by atoms with Crippen molar-refractivity contribution in [2.75, 3.05) is 0 Å². The smallest absolute Gasteiger partial charge is 0.168 e. The maximum absolute atomic E-state index is 9.54. The zero-order valence-electron chi connectivity index (χ0n) is 12.1. The van der Waals surface area contributed by atoms with Gasteiger partial charge >= 0.3 is 0 Å². The molecule has 0 unspecified atom stereocenters. The number of hydrogen-bond acceptors (Lipinski definition) is 3. The van der Waals surface area contributed by atoms with Crippen molar-refractivity contribution in [2.45, 2.75) is 20.5 Å². The summed E-state index contributed by atoms with van der Waals surface area (Å²) in [6.45, 7) is 4.01. The first kappa shape index (κ1) is 13.5. The van der Waals surface area contributed by atoms with Crippen LogP contribution in [-0.2, 0) is 6.61 Å². The fourth-order valence-corrected chi connectivity index (χ4v) is 2.44. The van der Waals surface area contributed by atoms with E-state index in [9.17, 15) is 5.11 Å². The van der Waals surface area contributed by atoms with E-state index in [0.29, 0.717) is 5.82 Å². The quantitative estimate of drug-likeness (QED) is 0.801. The van der Waals surface area contributed by atoms with Crippen LogP contribution in [0, 0.1) is 13.8 Å². The van der Waals surface area contributed by atoms with Crippen LogP contribution in [-0.4, -0.2) is 19.9 Å². The summed E-state index contributed by atoms with van der Waals surface area (Å²) in [6.07, 6.45) is 0. The van der Waals surface area contributed by atoms with Crippen LogP contribution < -0.4 is 0 Å². The molecule has 1 heterocycles. The Morgan fingerprint density at radius 1 is 0.952 bits per heavy atom. The van der Waals surface area contributed by atoms with Gasteiger partial charge in [0, 0.05) is 11.3 Å². The van der Waals surface area contributed by atoms with E-state index in [1.54, 1.807) is 0 Å². The van der Waals surface area contributed by atoms with E-state index in [1.165, 1.54) is 11.1 Å². The zero-order chi connectivity index (χ0) is 14.8. The largest absolute Gasteiger partial charge is 0.388 e. The van der Waals surface area contributed by atoms with Crippen molar-refractivity contribution < 1.29 is 5.11 Å². The lowest BCUT2D eigenvalue weighted by molar-refractivity contribution is 0.269. The molecule has 0 aliphatic rings. The number of hydrogen-bond donors (Lipinski definition) is 1. The number of aliphatic hydroxyl groups is 1. The summed E-state index contributed by atoms with van der Waals surface area (Å²) in [5.41, 5.74) is 4.36. The first-order valence-electron chi connectivity index (χ1n) is 6.89. The van der Waals surface area contributed by atoms with E-state index < -0.39 is 0 Å². The second-order valence-corrected chi connectivity index (χ2v) is 5.02. The van der Waals surface area contributed by atoms with Gasteiger partial charge in [0.25, 0.3) is 0 Å². The van der Waals surface area contributed by atoms with Gasteiger partial charge in [-0.15, -0.1) is 10.2 Å². The van der Waals surface area contributed by atoms with Gasteiger partial charge in [-0.25, -0.2) is 0 Å². The first-order valence-corrected chi connectivity index (χ1v) is 6.89. The zero-order valence-corrected chi connectivity index (χ0v) is 12.1. The maximum Gasteiger partial charge on any atom is 0.168 e. The van der Waals surface area contributed by atoms with E-state index in [1.807, 2.05) is 47.0 Å². The minimum Gasteiger partial charge on any atom is -0.388 e. The number of aryl methyl sites for hydroxylation is 1. The normalized spacial score (nSPS) is 10.8. The molecule has 1 aromatic heterocycles. The summed E-state index contributed by atoms with van der Waals surface area (Å²) in [4.78, 5) is 0. The topological polar surface area (TPSA) is 50.9 Å². The Morgan fingerprint density at radius 2 is 1.71 bits per heavy atom. The Morgan fingerprint density at radius 3 is 2.43 bits per heavy atom. The molecule has 0 aliphatic carbocycles. The molecule has 4 heteroatoms. The fourth-order valence-electron chi connectivity index (χ4n) is 2.44. The number of aliphatic hydroxyl groups excluding tert-OH is 1.